The van der Waals surface area contributed by atoms with Gasteiger partial charge in [-0.15, -0.1) is 0 Å². The number of nitrogens with zero attached hydrogens (tertiary/aromatic N) is 3. The van der Waals surface area contributed by atoms with Crippen molar-refractivity contribution in [1.82, 2.24) is 14.7 Å². The van der Waals surface area contributed by atoms with Crippen LogP contribution in [-0.2, 0) is 16.1 Å². The van der Waals surface area contributed by atoms with E-state index in [-0.39, 0.29) is 37.1 Å². The van der Waals surface area contributed by atoms with E-state index >= 15 is 0 Å². The summed E-state index contributed by atoms with van der Waals surface area (Å²) in [6, 6.07) is 1.93. The van der Waals surface area contributed by atoms with Crippen LogP contribution in [0.3, 0.4) is 0 Å². The molecule has 0 aromatic carbocycles. The van der Waals surface area contributed by atoms with E-state index in [0.29, 0.717) is 13.2 Å². The minimum absolute atomic E-state index is 0.0839. The lowest BCUT2D eigenvalue weighted by atomic mass is 10.1. The number of carbonyl (C=O) groups excluding carboxylic acids is 1. The lowest BCUT2D eigenvalue weighted by Gasteiger charge is -2.37. The first-order valence-corrected chi connectivity index (χ1v) is 6.77. The minimum Gasteiger partial charge on any atom is -0.396 e. The number of rotatable bonds is 3. The van der Waals surface area contributed by atoms with Crippen LogP contribution in [0.25, 0.3) is 0 Å². The average molecular weight is 265 g/mol. The molecule has 2 aliphatic rings. The molecule has 1 aliphatic carbocycles. The molecule has 3 rings (SSSR count). The molecule has 6 nitrogen and oxygen atoms in total. The van der Waals surface area contributed by atoms with Gasteiger partial charge >= 0.3 is 0 Å². The molecule has 104 valence electrons. The first-order chi connectivity index (χ1) is 9.28. The number of amides is 1. The molecule has 1 aromatic rings. The van der Waals surface area contributed by atoms with Crippen LogP contribution in [-0.4, -0.2) is 57.6 Å². The van der Waals surface area contributed by atoms with E-state index in [2.05, 4.69) is 5.10 Å². The van der Waals surface area contributed by atoms with Crippen LogP contribution in [0.2, 0.25) is 0 Å². The van der Waals surface area contributed by atoms with Gasteiger partial charge in [0.2, 0.25) is 5.91 Å². The zero-order valence-corrected chi connectivity index (χ0v) is 10.8. The number of morpholine rings is 1. The third-order valence-electron chi connectivity index (χ3n) is 4.07. The molecule has 3 atom stereocenters. The summed E-state index contributed by atoms with van der Waals surface area (Å²) in [5.41, 5.74) is 0. The zero-order chi connectivity index (χ0) is 13.2. The number of aromatic nitrogens is 2. The van der Waals surface area contributed by atoms with Crippen molar-refractivity contribution < 1.29 is 14.6 Å². The summed E-state index contributed by atoms with van der Waals surface area (Å²) in [6.45, 7) is 1.68. The van der Waals surface area contributed by atoms with Gasteiger partial charge in [0.15, 0.2) is 0 Å². The summed E-state index contributed by atoms with van der Waals surface area (Å²) in [5, 5.41) is 13.3. The van der Waals surface area contributed by atoms with Crippen LogP contribution in [0.4, 0.5) is 0 Å². The smallest absolute Gasteiger partial charge is 0.244 e. The minimum atomic E-state index is 0.0839. The topological polar surface area (TPSA) is 67.6 Å². The first kappa shape index (κ1) is 12.6. The quantitative estimate of drug-likeness (QED) is 0.827. The predicted molar refractivity (Wildman–Crippen MR) is 67.3 cm³/mol. The van der Waals surface area contributed by atoms with Gasteiger partial charge in [-0.05, 0) is 24.8 Å². The average Bonchev–Trinajstić information content (AvgIpc) is 3.05. The number of hydrogen-bond acceptors (Lipinski definition) is 4. The van der Waals surface area contributed by atoms with E-state index in [9.17, 15) is 9.90 Å². The lowest BCUT2D eigenvalue weighted by Crippen LogP contribution is -2.52. The van der Waals surface area contributed by atoms with E-state index in [4.69, 9.17) is 4.74 Å². The monoisotopic (exact) mass is 265 g/mol. The molecule has 1 N–H and O–H groups in total. The van der Waals surface area contributed by atoms with Crippen LogP contribution in [0.15, 0.2) is 18.5 Å². The van der Waals surface area contributed by atoms with E-state index < -0.39 is 0 Å². The summed E-state index contributed by atoms with van der Waals surface area (Å²) in [5.74, 6) is 0.341. The van der Waals surface area contributed by atoms with Gasteiger partial charge < -0.3 is 14.7 Å². The summed E-state index contributed by atoms with van der Waals surface area (Å²) in [7, 11) is 0. The zero-order valence-electron chi connectivity index (χ0n) is 10.8. The highest BCUT2D eigenvalue weighted by Gasteiger charge is 2.42. The molecule has 1 saturated carbocycles. The first-order valence-electron chi connectivity index (χ1n) is 6.77. The van der Waals surface area contributed by atoms with Gasteiger partial charge in [-0.2, -0.15) is 5.10 Å². The number of aliphatic hydroxyl groups is 1. The molecule has 2 fully saturated rings. The molecule has 2 heterocycles. The van der Waals surface area contributed by atoms with E-state index in [1.807, 2.05) is 11.0 Å². The fraction of sp³-hybridized carbons (Fsp3) is 0.692. The Bertz CT molecular complexity index is 434. The second-order valence-corrected chi connectivity index (χ2v) is 5.29. The molecule has 0 radical (unpaired) electrons. The predicted octanol–water partition coefficient (Wildman–Crippen LogP) is -0.119. The maximum atomic E-state index is 12.4. The highest BCUT2D eigenvalue weighted by atomic mass is 16.5. The molecule has 0 bridgehead atoms. The number of hydrogen-bond donors (Lipinski definition) is 1. The SMILES string of the molecule is O=C(Cn1cccn1)N1CCO[C@H]2C[C@H](CO)C[C@@H]21. The molecule has 1 saturated heterocycles. The van der Waals surface area contributed by atoms with Crippen molar-refractivity contribution in [3.8, 4) is 0 Å². The molecule has 1 aromatic heterocycles. The van der Waals surface area contributed by atoms with E-state index in [0.717, 1.165) is 12.8 Å². The maximum Gasteiger partial charge on any atom is 0.244 e. The van der Waals surface area contributed by atoms with Gasteiger partial charge in [0.25, 0.3) is 0 Å². The van der Waals surface area contributed by atoms with E-state index in [1.165, 1.54) is 0 Å². The fourth-order valence-electron chi connectivity index (χ4n) is 3.13. The Kier molecular flexibility index (Phi) is 3.52. The molecular formula is C13H19N3O3. The Balaban J connectivity index is 1.67. The third-order valence-corrected chi connectivity index (χ3v) is 4.07. The molecule has 19 heavy (non-hydrogen) atoms. The van der Waals surface area contributed by atoms with Crippen LogP contribution in [0.5, 0.6) is 0 Å². The molecule has 1 amide bonds. The van der Waals surface area contributed by atoms with Gasteiger partial charge in [0, 0.05) is 25.5 Å². The Hall–Kier alpha value is -1.40. The molecule has 6 heteroatoms. The summed E-state index contributed by atoms with van der Waals surface area (Å²) in [4.78, 5) is 14.3. The second kappa shape index (κ2) is 5.30. The van der Waals surface area contributed by atoms with Gasteiger partial charge in [-0.25, -0.2) is 0 Å². The Morgan fingerprint density at radius 1 is 1.47 bits per heavy atom. The standard InChI is InChI=1S/C13H19N3O3/c17-9-10-6-11-12(7-10)19-5-4-16(11)13(18)8-15-3-1-2-14-15/h1-3,10-12,17H,4-9H2/t10-,11+,12+/m1/s1. The molecular weight excluding hydrogens is 246 g/mol. The van der Waals surface area contributed by atoms with Crippen molar-refractivity contribution in [1.29, 1.82) is 0 Å². The number of fused-ring (bicyclic) bond motifs is 1. The van der Waals surface area contributed by atoms with Crippen molar-refractivity contribution in [3.63, 3.8) is 0 Å². The molecule has 0 spiro atoms. The highest BCUT2D eigenvalue weighted by molar-refractivity contribution is 5.76. The van der Waals surface area contributed by atoms with Crippen LogP contribution in [0, 0.1) is 5.92 Å². The van der Waals surface area contributed by atoms with Crippen LogP contribution >= 0.6 is 0 Å². The lowest BCUT2D eigenvalue weighted by molar-refractivity contribution is -0.144. The van der Waals surface area contributed by atoms with Crippen molar-refractivity contribution in [2.45, 2.75) is 31.5 Å². The highest BCUT2D eigenvalue weighted by Crippen LogP contribution is 2.34. The van der Waals surface area contributed by atoms with Crippen molar-refractivity contribution in [2.24, 2.45) is 5.92 Å². The van der Waals surface area contributed by atoms with Crippen molar-refractivity contribution >= 4 is 5.91 Å². The number of ether oxygens (including phenoxy) is 1. The largest absolute Gasteiger partial charge is 0.396 e. The van der Waals surface area contributed by atoms with E-state index in [1.54, 1.807) is 17.1 Å². The summed E-state index contributed by atoms with van der Waals surface area (Å²) >= 11 is 0. The van der Waals surface area contributed by atoms with Crippen LogP contribution in [0.1, 0.15) is 12.8 Å². The van der Waals surface area contributed by atoms with Gasteiger partial charge in [0.05, 0.1) is 18.8 Å². The third kappa shape index (κ3) is 2.50. The maximum absolute atomic E-state index is 12.4. The Labute approximate surface area is 112 Å². The van der Waals surface area contributed by atoms with Gasteiger partial charge in [-0.3, -0.25) is 9.48 Å². The summed E-state index contributed by atoms with van der Waals surface area (Å²) < 4.78 is 7.37. The summed E-state index contributed by atoms with van der Waals surface area (Å²) in [6.07, 6.45) is 5.25. The van der Waals surface area contributed by atoms with Crippen LogP contribution < -0.4 is 0 Å². The number of carbonyl (C=O) groups is 1. The van der Waals surface area contributed by atoms with Crippen molar-refractivity contribution in [3.05, 3.63) is 18.5 Å². The second-order valence-electron chi connectivity index (χ2n) is 5.29. The van der Waals surface area contributed by atoms with Gasteiger partial charge in [-0.1, -0.05) is 0 Å². The van der Waals surface area contributed by atoms with Gasteiger partial charge in [0.1, 0.15) is 6.54 Å². The van der Waals surface area contributed by atoms with Crippen molar-refractivity contribution in [2.75, 3.05) is 19.8 Å². The normalized spacial score (nSPS) is 30.4. The Morgan fingerprint density at radius 2 is 2.37 bits per heavy atom. The fourth-order valence-corrected chi connectivity index (χ4v) is 3.13. The number of aliphatic hydroxyl groups excluding tert-OH is 1. The molecule has 0 unspecified atom stereocenters. The molecule has 1 aliphatic heterocycles. The Morgan fingerprint density at radius 3 is 3.11 bits per heavy atom.